The summed E-state index contributed by atoms with van der Waals surface area (Å²) in [4.78, 5) is 10.8. The fourth-order valence-corrected chi connectivity index (χ4v) is 2.71. The number of fused-ring (bicyclic) bond motifs is 3. The first-order chi connectivity index (χ1) is 11.8. The first-order valence-corrected chi connectivity index (χ1v) is 7.84. The van der Waals surface area contributed by atoms with E-state index in [0.29, 0.717) is 18.7 Å². The van der Waals surface area contributed by atoms with Gasteiger partial charge in [0.2, 0.25) is 0 Å². The van der Waals surface area contributed by atoms with Crippen LogP contribution in [0.1, 0.15) is 0 Å². The van der Waals surface area contributed by atoms with Gasteiger partial charge in [0, 0.05) is 12.4 Å². The second kappa shape index (κ2) is 6.20. The Hall–Kier alpha value is -3.08. The van der Waals surface area contributed by atoms with Gasteiger partial charge in [0.1, 0.15) is 29.8 Å². The highest BCUT2D eigenvalue weighted by atomic mass is 16.5. The highest BCUT2D eigenvalue weighted by molar-refractivity contribution is 6.05. The fourth-order valence-electron chi connectivity index (χ4n) is 2.71. The van der Waals surface area contributed by atoms with Crippen molar-refractivity contribution in [2.24, 2.45) is 0 Å². The van der Waals surface area contributed by atoms with Crippen molar-refractivity contribution in [2.45, 2.75) is 0 Å². The Morgan fingerprint density at radius 2 is 1.79 bits per heavy atom. The number of likely N-dealkylation sites (N-methyl/N-ethyl adjacent to an activating group) is 1. The molecule has 0 aliphatic rings. The van der Waals surface area contributed by atoms with Gasteiger partial charge in [-0.15, -0.1) is 0 Å². The summed E-state index contributed by atoms with van der Waals surface area (Å²) in [5, 5.41) is 1.00. The predicted octanol–water partition coefficient (Wildman–Crippen LogP) is 3.89. The number of hydrogen-bond acceptors (Lipinski definition) is 5. The monoisotopic (exact) mass is 319 g/mol. The fraction of sp³-hybridized carbons (Fsp3) is 0.158. The summed E-state index contributed by atoms with van der Waals surface area (Å²) in [7, 11) is 1.98. The van der Waals surface area contributed by atoms with E-state index >= 15 is 0 Å². The number of hydrogen-bond donors (Lipinski definition) is 0. The van der Waals surface area contributed by atoms with E-state index in [1.54, 1.807) is 6.33 Å². The number of para-hydroxylation sites is 2. The average molecular weight is 319 g/mol. The summed E-state index contributed by atoms with van der Waals surface area (Å²) < 4.78 is 11.7. The van der Waals surface area contributed by atoms with E-state index in [2.05, 4.69) is 9.97 Å². The molecule has 4 aromatic rings. The van der Waals surface area contributed by atoms with E-state index in [9.17, 15) is 0 Å². The van der Waals surface area contributed by atoms with E-state index in [0.717, 1.165) is 28.1 Å². The van der Waals surface area contributed by atoms with Crippen LogP contribution in [0, 0.1) is 0 Å². The zero-order valence-electron chi connectivity index (χ0n) is 13.3. The molecule has 0 aliphatic carbocycles. The maximum Gasteiger partial charge on any atom is 0.196 e. The predicted molar refractivity (Wildman–Crippen MR) is 94.5 cm³/mol. The van der Waals surface area contributed by atoms with Gasteiger partial charge in [-0.05, 0) is 24.3 Å². The van der Waals surface area contributed by atoms with Gasteiger partial charge in [-0.1, -0.05) is 30.3 Å². The normalized spacial score (nSPS) is 11.0. The zero-order valence-corrected chi connectivity index (χ0v) is 13.3. The van der Waals surface area contributed by atoms with E-state index in [1.807, 2.05) is 66.5 Å². The Morgan fingerprint density at radius 1 is 1.00 bits per heavy atom. The minimum atomic E-state index is 0.562. The van der Waals surface area contributed by atoms with E-state index in [4.69, 9.17) is 9.15 Å². The number of benzene rings is 2. The molecule has 4 rings (SSSR count). The van der Waals surface area contributed by atoms with Crippen LogP contribution >= 0.6 is 0 Å². The molecule has 2 heterocycles. The third kappa shape index (κ3) is 2.65. The number of ether oxygens (including phenoxy) is 1. The topological polar surface area (TPSA) is 51.4 Å². The molecule has 0 saturated carbocycles. The summed E-state index contributed by atoms with van der Waals surface area (Å²) in [6.45, 7) is 1.25. The van der Waals surface area contributed by atoms with Crippen LogP contribution in [-0.2, 0) is 0 Å². The molecular formula is C19H17N3O2. The Balaban J connectivity index is 1.57. The summed E-state index contributed by atoms with van der Waals surface area (Å²) in [5.41, 5.74) is 2.37. The van der Waals surface area contributed by atoms with Crippen molar-refractivity contribution < 1.29 is 9.15 Å². The van der Waals surface area contributed by atoms with Crippen LogP contribution in [-0.4, -0.2) is 30.2 Å². The highest BCUT2D eigenvalue weighted by Gasteiger charge is 2.15. The van der Waals surface area contributed by atoms with Gasteiger partial charge < -0.3 is 14.1 Å². The SMILES string of the molecule is CN(CCOc1ccccc1)c1ncnc2c1oc1ccccc12. The molecule has 2 aromatic carbocycles. The van der Waals surface area contributed by atoms with Gasteiger partial charge in [0.05, 0.1) is 6.54 Å². The molecule has 0 spiro atoms. The first kappa shape index (κ1) is 14.5. The van der Waals surface area contributed by atoms with E-state index in [1.165, 1.54) is 0 Å². The minimum Gasteiger partial charge on any atom is -0.492 e. The van der Waals surface area contributed by atoms with Crippen LogP contribution in [0.5, 0.6) is 5.75 Å². The Morgan fingerprint density at radius 3 is 2.67 bits per heavy atom. The van der Waals surface area contributed by atoms with Crippen molar-refractivity contribution >= 4 is 27.9 Å². The lowest BCUT2D eigenvalue weighted by Crippen LogP contribution is -2.24. The minimum absolute atomic E-state index is 0.562. The van der Waals surface area contributed by atoms with Crippen LogP contribution in [0.3, 0.4) is 0 Å². The van der Waals surface area contributed by atoms with Crippen molar-refractivity contribution in [1.29, 1.82) is 0 Å². The molecule has 5 nitrogen and oxygen atoms in total. The smallest absolute Gasteiger partial charge is 0.196 e. The molecule has 24 heavy (non-hydrogen) atoms. The third-order valence-electron chi connectivity index (χ3n) is 3.94. The van der Waals surface area contributed by atoms with Crippen LogP contribution in [0.2, 0.25) is 0 Å². The van der Waals surface area contributed by atoms with Crippen LogP contribution < -0.4 is 9.64 Å². The van der Waals surface area contributed by atoms with Crippen molar-refractivity contribution in [1.82, 2.24) is 9.97 Å². The van der Waals surface area contributed by atoms with Gasteiger partial charge in [0.15, 0.2) is 11.4 Å². The van der Waals surface area contributed by atoms with Crippen LogP contribution in [0.25, 0.3) is 22.1 Å². The standard InChI is InChI=1S/C19H17N3O2/c1-22(11-12-23-14-7-3-2-4-8-14)19-18-17(20-13-21-19)15-9-5-6-10-16(15)24-18/h2-10,13H,11-12H2,1H3. The largest absolute Gasteiger partial charge is 0.492 e. The number of nitrogens with zero attached hydrogens (tertiary/aromatic N) is 3. The Kier molecular flexibility index (Phi) is 3.75. The molecule has 0 N–H and O–H groups in total. The molecule has 5 heteroatoms. The van der Waals surface area contributed by atoms with Crippen molar-refractivity contribution in [2.75, 3.05) is 25.1 Å². The third-order valence-corrected chi connectivity index (χ3v) is 3.94. The molecule has 0 fully saturated rings. The maximum atomic E-state index is 5.96. The number of anilines is 1. The van der Waals surface area contributed by atoms with E-state index in [-0.39, 0.29) is 0 Å². The summed E-state index contributed by atoms with van der Waals surface area (Å²) >= 11 is 0. The molecule has 120 valence electrons. The lowest BCUT2D eigenvalue weighted by molar-refractivity contribution is 0.325. The average Bonchev–Trinajstić information content (AvgIpc) is 3.01. The highest BCUT2D eigenvalue weighted by Crippen LogP contribution is 2.31. The van der Waals surface area contributed by atoms with Crippen molar-refractivity contribution in [3.63, 3.8) is 0 Å². The quantitative estimate of drug-likeness (QED) is 0.558. The molecule has 0 aliphatic heterocycles. The molecular weight excluding hydrogens is 302 g/mol. The molecule has 0 radical (unpaired) electrons. The summed E-state index contributed by atoms with van der Waals surface area (Å²) in [6.07, 6.45) is 1.58. The number of aromatic nitrogens is 2. The van der Waals surface area contributed by atoms with Gasteiger partial charge in [-0.25, -0.2) is 9.97 Å². The van der Waals surface area contributed by atoms with Gasteiger partial charge >= 0.3 is 0 Å². The molecule has 0 amide bonds. The molecule has 2 aromatic heterocycles. The molecule has 0 atom stereocenters. The second-order valence-electron chi connectivity index (χ2n) is 5.56. The van der Waals surface area contributed by atoms with E-state index < -0.39 is 0 Å². The van der Waals surface area contributed by atoms with Crippen molar-refractivity contribution in [3.05, 3.63) is 60.9 Å². The van der Waals surface area contributed by atoms with Gasteiger partial charge in [-0.3, -0.25) is 0 Å². The number of rotatable bonds is 5. The Bertz CT molecular complexity index is 966. The summed E-state index contributed by atoms with van der Waals surface area (Å²) in [5.74, 6) is 1.63. The van der Waals surface area contributed by atoms with Gasteiger partial charge in [-0.2, -0.15) is 0 Å². The van der Waals surface area contributed by atoms with Crippen LogP contribution in [0.15, 0.2) is 65.3 Å². The lowest BCUT2D eigenvalue weighted by Gasteiger charge is -2.18. The molecule has 0 unspecified atom stereocenters. The van der Waals surface area contributed by atoms with Crippen molar-refractivity contribution in [3.8, 4) is 5.75 Å². The van der Waals surface area contributed by atoms with Gasteiger partial charge in [0.25, 0.3) is 0 Å². The second-order valence-corrected chi connectivity index (χ2v) is 5.56. The summed E-state index contributed by atoms with van der Waals surface area (Å²) in [6, 6.07) is 17.7. The zero-order chi connectivity index (χ0) is 16.4. The maximum absolute atomic E-state index is 5.96. The van der Waals surface area contributed by atoms with Crippen LogP contribution in [0.4, 0.5) is 5.82 Å². The number of furan rings is 1. The molecule has 0 bridgehead atoms. The lowest BCUT2D eigenvalue weighted by atomic mass is 10.2. The Labute approximate surface area is 139 Å². The molecule has 0 saturated heterocycles. The first-order valence-electron chi connectivity index (χ1n) is 7.84.